The summed E-state index contributed by atoms with van der Waals surface area (Å²) in [5, 5.41) is 0. The number of nitrogens with two attached hydrogens (primary N) is 1. The summed E-state index contributed by atoms with van der Waals surface area (Å²) >= 11 is 0. The van der Waals surface area contributed by atoms with E-state index in [0.29, 0.717) is 18.1 Å². The van der Waals surface area contributed by atoms with Gasteiger partial charge in [-0.2, -0.15) is 0 Å². The molecule has 1 aliphatic carbocycles. The molecule has 2 rings (SSSR count). The van der Waals surface area contributed by atoms with Crippen molar-refractivity contribution >= 4 is 0 Å². The SMILES string of the molecule is CC1CCC(N)C(CC2CCC(C)(C)O2)C1. The smallest absolute Gasteiger partial charge is 0.0631 e. The standard InChI is InChI=1S/C14H27NO/c1-10-4-5-13(15)11(8-10)9-12-6-7-14(2,3)16-12/h10-13H,4-9,15H2,1-3H3. The number of rotatable bonds is 2. The van der Waals surface area contributed by atoms with Gasteiger partial charge in [0, 0.05) is 6.04 Å². The minimum Gasteiger partial charge on any atom is -0.372 e. The number of hydrogen-bond acceptors (Lipinski definition) is 2. The summed E-state index contributed by atoms with van der Waals surface area (Å²) in [6, 6.07) is 0.420. The van der Waals surface area contributed by atoms with Crippen molar-refractivity contribution in [1.29, 1.82) is 0 Å². The van der Waals surface area contributed by atoms with Crippen molar-refractivity contribution in [2.24, 2.45) is 17.6 Å². The van der Waals surface area contributed by atoms with Gasteiger partial charge in [-0.05, 0) is 64.2 Å². The lowest BCUT2D eigenvalue weighted by molar-refractivity contribution is -0.0290. The molecule has 2 nitrogen and oxygen atoms in total. The molecule has 4 unspecified atom stereocenters. The molecule has 94 valence electrons. The van der Waals surface area contributed by atoms with E-state index < -0.39 is 0 Å². The maximum Gasteiger partial charge on any atom is 0.0631 e. The normalized spacial score (nSPS) is 43.5. The summed E-state index contributed by atoms with van der Waals surface area (Å²) in [5.74, 6) is 1.56. The van der Waals surface area contributed by atoms with Gasteiger partial charge < -0.3 is 10.5 Å². The van der Waals surface area contributed by atoms with Crippen LogP contribution in [0.3, 0.4) is 0 Å². The van der Waals surface area contributed by atoms with Crippen LogP contribution in [-0.2, 0) is 4.74 Å². The van der Waals surface area contributed by atoms with E-state index in [1.54, 1.807) is 0 Å². The van der Waals surface area contributed by atoms with Crippen molar-refractivity contribution in [1.82, 2.24) is 0 Å². The Morgan fingerprint density at radius 2 is 2.00 bits per heavy atom. The molecule has 0 spiro atoms. The third-order valence-electron chi connectivity index (χ3n) is 4.42. The van der Waals surface area contributed by atoms with Crippen LogP contribution in [0.25, 0.3) is 0 Å². The van der Waals surface area contributed by atoms with Gasteiger partial charge in [-0.15, -0.1) is 0 Å². The zero-order valence-corrected chi connectivity index (χ0v) is 11.0. The molecular formula is C14H27NO. The summed E-state index contributed by atoms with van der Waals surface area (Å²) in [5.41, 5.74) is 6.34. The molecule has 0 amide bonds. The fourth-order valence-corrected chi connectivity index (χ4v) is 3.37. The predicted octanol–water partition coefficient (Wildman–Crippen LogP) is 3.10. The van der Waals surface area contributed by atoms with Crippen LogP contribution < -0.4 is 5.73 Å². The van der Waals surface area contributed by atoms with E-state index >= 15 is 0 Å². The molecule has 0 aromatic carbocycles. The fraction of sp³-hybridized carbons (Fsp3) is 1.00. The van der Waals surface area contributed by atoms with Gasteiger partial charge in [0.05, 0.1) is 11.7 Å². The van der Waals surface area contributed by atoms with Crippen LogP contribution in [-0.4, -0.2) is 17.7 Å². The topological polar surface area (TPSA) is 35.2 Å². The molecule has 0 aromatic rings. The monoisotopic (exact) mass is 225 g/mol. The first-order chi connectivity index (χ1) is 7.46. The maximum absolute atomic E-state index is 6.23. The van der Waals surface area contributed by atoms with Crippen molar-refractivity contribution in [3.8, 4) is 0 Å². The average molecular weight is 225 g/mol. The summed E-state index contributed by atoms with van der Waals surface area (Å²) in [6.45, 7) is 6.77. The van der Waals surface area contributed by atoms with Crippen LogP contribution in [0, 0.1) is 11.8 Å². The zero-order valence-electron chi connectivity index (χ0n) is 11.0. The van der Waals surface area contributed by atoms with Crippen molar-refractivity contribution < 1.29 is 4.74 Å². The second-order valence-electron chi connectivity index (χ2n) is 6.62. The van der Waals surface area contributed by atoms with Gasteiger partial charge in [-0.1, -0.05) is 6.92 Å². The van der Waals surface area contributed by atoms with E-state index in [-0.39, 0.29) is 5.60 Å². The summed E-state index contributed by atoms with van der Waals surface area (Å²) in [6.07, 6.45) is 7.92. The molecular weight excluding hydrogens is 198 g/mol. The van der Waals surface area contributed by atoms with E-state index in [9.17, 15) is 0 Å². The highest BCUT2D eigenvalue weighted by Gasteiger charge is 2.35. The van der Waals surface area contributed by atoms with Gasteiger partial charge >= 0.3 is 0 Å². The highest BCUT2D eigenvalue weighted by atomic mass is 16.5. The van der Waals surface area contributed by atoms with Crippen molar-refractivity contribution in [3.63, 3.8) is 0 Å². The minimum absolute atomic E-state index is 0.106. The van der Waals surface area contributed by atoms with Crippen molar-refractivity contribution in [2.45, 2.75) is 77.0 Å². The molecule has 0 aromatic heterocycles. The largest absolute Gasteiger partial charge is 0.372 e. The Balaban J connectivity index is 1.84. The first-order valence-corrected chi connectivity index (χ1v) is 6.90. The molecule has 1 saturated carbocycles. The Morgan fingerprint density at radius 3 is 2.62 bits per heavy atom. The Hall–Kier alpha value is -0.0800. The van der Waals surface area contributed by atoms with Gasteiger partial charge in [-0.3, -0.25) is 0 Å². The second-order valence-corrected chi connectivity index (χ2v) is 6.62. The highest BCUT2D eigenvalue weighted by Crippen LogP contribution is 2.37. The molecule has 2 N–H and O–H groups in total. The van der Waals surface area contributed by atoms with Crippen LogP contribution in [0.5, 0.6) is 0 Å². The molecule has 16 heavy (non-hydrogen) atoms. The van der Waals surface area contributed by atoms with Crippen molar-refractivity contribution in [2.75, 3.05) is 0 Å². The third kappa shape index (κ3) is 2.98. The first kappa shape index (κ1) is 12.4. The minimum atomic E-state index is 0.106. The average Bonchev–Trinajstić information content (AvgIpc) is 2.52. The first-order valence-electron chi connectivity index (χ1n) is 6.90. The van der Waals surface area contributed by atoms with Crippen LogP contribution in [0.1, 0.15) is 59.3 Å². The maximum atomic E-state index is 6.23. The second kappa shape index (κ2) is 4.66. The molecule has 0 radical (unpaired) electrons. The Kier molecular flexibility index (Phi) is 3.60. The summed E-state index contributed by atoms with van der Waals surface area (Å²) in [7, 11) is 0. The molecule has 1 heterocycles. The summed E-state index contributed by atoms with van der Waals surface area (Å²) < 4.78 is 6.08. The Morgan fingerprint density at radius 1 is 1.25 bits per heavy atom. The molecule has 2 heteroatoms. The number of hydrogen-bond donors (Lipinski definition) is 1. The lowest BCUT2D eigenvalue weighted by atomic mass is 9.76. The van der Waals surface area contributed by atoms with Crippen LogP contribution in [0.4, 0.5) is 0 Å². The quantitative estimate of drug-likeness (QED) is 0.783. The fourth-order valence-electron chi connectivity index (χ4n) is 3.37. The van der Waals surface area contributed by atoms with Gasteiger partial charge in [0.15, 0.2) is 0 Å². The van der Waals surface area contributed by atoms with Crippen LogP contribution in [0.2, 0.25) is 0 Å². The third-order valence-corrected chi connectivity index (χ3v) is 4.42. The van der Waals surface area contributed by atoms with Gasteiger partial charge in [0.1, 0.15) is 0 Å². The van der Waals surface area contributed by atoms with Crippen LogP contribution >= 0.6 is 0 Å². The van der Waals surface area contributed by atoms with Gasteiger partial charge in [-0.25, -0.2) is 0 Å². The molecule has 4 atom stereocenters. The van der Waals surface area contributed by atoms with Crippen LogP contribution in [0.15, 0.2) is 0 Å². The molecule has 0 bridgehead atoms. The molecule has 1 saturated heterocycles. The Bertz CT molecular complexity index is 239. The van der Waals surface area contributed by atoms with E-state index in [2.05, 4.69) is 20.8 Å². The van der Waals surface area contributed by atoms with E-state index in [1.807, 2.05) is 0 Å². The van der Waals surface area contributed by atoms with E-state index in [4.69, 9.17) is 10.5 Å². The molecule has 2 aliphatic rings. The number of ether oxygens (including phenoxy) is 1. The zero-order chi connectivity index (χ0) is 11.8. The van der Waals surface area contributed by atoms with Gasteiger partial charge in [0.2, 0.25) is 0 Å². The lowest BCUT2D eigenvalue weighted by Gasteiger charge is -2.34. The summed E-state index contributed by atoms with van der Waals surface area (Å²) in [4.78, 5) is 0. The molecule has 1 aliphatic heterocycles. The van der Waals surface area contributed by atoms with E-state index in [1.165, 1.54) is 38.5 Å². The van der Waals surface area contributed by atoms with E-state index in [0.717, 1.165) is 5.92 Å². The van der Waals surface area contributed by atoms with Gasteiger partial charge in [0.25, 0.3) is 0 Å². The Labute approximate surface area is 99.9 Å². The predicted molar refractivity (Wildman–Crippen MR) is 67.3 cm³/mol. The van der Waals surface area contributed by atoms with Crippen molar-refractivity contribution in [3.05, 3.63) is 0 Å². The molecule has 2 fully saturated rings. The lowest BCUT2D eigenvalue weighted by Crippen LogP contribution is -2.37. The highest BCUT2D eigenvalue weighted by molar-refractivity contribution is 4.87.